The van der Waals surface area contributed by atoms with E-state index in [0.29, 0.717) is 26.5 Å². The molecule has 0 aromatic heterocycles. The Balaban J connectivity index is 2.36. The molecule has 0 saturated carbocycles. The van der Waals surface area contributed by atoms with Gasteiger partial charge in [-0.2, -0.15) is 0 Å². The number of thioether (sulfide) groups is 1. The number of carbonyl (C=O) groups is 1. The summed E-state index contributed by atoms with van der Waals surface area (Å²) in [6, 6.07) is 4.95. The standard InChI is InChI=1S/C14H11Cl2NO3S/c1-2-20-14(19)12-8(6-18)7-21-13(12)17-11-4-9(15)3-10(16)5-11/h3-5,17H,2,7H2,1H3. The zero-order chi connectivity index (χ0) is 15.4. The molecule has 1 aliphatic heterocycles. The van der Waals surface area contributed by atoms with Crippen molar-refractivity contribution in [2.45, 2.75) is 6.92 Å². The van der Waals surface area contributed by atoms with Gasteiger partial charge in [0.2, 0.25) is 0 Å². The quantitative estimate of drug-likeness (QED) is 0.667. The summed E-state index contributed by atoms with van der Waals surface area (Å²) in [6.45, 7) is 1.93. The van der Waals surface area contributed by atoms with Crippen molar-refractivity contribution in [3.05, 3.63) is 44.4 Å². The van der Waals surface area contributed by atoms with E-state index < -0.39 is 5.97 Å². The number of ether oxygens (including phenoxy) is 1. The van der Waals surface area contributed by atoms with E-state index in [1.807, 2.05) is 0 Å². The molecule has 1 N–H and O–H groups in total. The maximum atomic E-state index is 12.0. The smallest absolute Gasteiger partial charge is 0.341 e. The molecular formula is C14H11Cl2NO3S. The molecular weight excluding hydrogens is 333 g/mol. The third-order valence-electron chi connectivity index (χ3n) is 2.61. The van der Waals surface area contributed by atoms with Crippen molar-refractivity contribution in [2.24, 2.45) is 0 Å². The molecule has 0 saturated heterocycles. The van der Waals surface area contributed by atoms with E-state index in [1.54, 1.807) is 31.1 Å². The van der Waals surface area contributed by atoms with Gasteiger partial charge in [0.15, 0.2) is 0 Å². The number of esters is 1. The van der Waals surface area contributed by atoms with Crippen molar-refractivity contribution in [1.29, 1.82) is 0 Å². The number of benzene rings is 1. The zero-order valence-corrected chi connectivity index (χ0v) is 13.4. The molecule has 0 unspecified atom stereocenters. The molecule has 1 heterocycles. The number of halogens is 2. The van der Waals surface area contributed by atoms with Crippen LogP contribution in [0.25, 0.3) is 0 Å². The Bertz CT molecular complexity index is 646. The summed E-state index contributed by atoms with van der Waals surface area (Å²) in [5.41, 5.74) is 1.13. The van der Waals surface area contributed by atoms with E-state index in [9.17, 15) is 9.59 Å². The zero-order valence-electron chi connectivity index (χ0n) is 11.0. The van der Waals surface area contributed by atoms with Gasteiger partial charge in [0.1, 0.15) is 11.5 Å². The minimum Gasteiger partial charge on any atom is -0.462 e. The summed E-state index contributed by atoms with van der Waals surface area (Å²) in [7, 11) is 0. The van der Waals surface area contributed by atoms with Crippen molar-refractivity contribution < 1.29 is 14.3 Å². The SMILES string of the molecule is CCOC(=O)C1=C(Nc2cc(Cl)cc(Cl)c2)SCC1=C=O. The van der Waals surface area contributed by atoms with Gasteiger partial charge in [0.25, 0.3) is 0 Å². The summed E-state index contributed by atoms with van der Waals surface area (Å²) >= 11 is 13.2. The van der Waals surface area contributed by atoms with Crippen LogP contribution >= 0.6 is 35.0 Å². The van der Waals surface area contributed by atoms with E-state index in [-0.39, 0.29) is 17.8 Å². The molecule has 0 fully saturated rings. The Morgan fingerprint density at radius 1 is 1.38 bits per heavy atom. The first-order chi connectivity index (χ1) is 10.0. The molecule has 21 heavy (non-hydrogen) atoms. The summed E-state index contributed by atoms with van der Waals surface area (Å²) in [4.78, 5) is 22.9. The highest BCUT2D eigenvalue weighted by atomic mass is 35.5. The fraction of sp³-hybridized carbons (Fsp3) is 0.214. The van der Waals surface area contributed by atoms with Crippen LogP contribution in [0.2, 0.25) is 10.0 Å². The molecule has 1 aliphatic rings. The Labute approximate surface area is 136 Å². The van der Waals surface area contributed by atoms with E-state index in [4.69, 9.17) is 27.9 Å². The van der Waals surface area contributed by atoms with Crippen LogP contribution < -0.4 is 5.32 Å². The Kier molecular flexibility index (Phi) is 5.37. The van der Waals surface area contributed by atoms with E-state index in [0.717, 1.165) is 0 Å². The van der Waals surface area contributed by atoms with Crippen LogP contribution in [0.1, 0.15) is 6.92 Å². The molecule has 110 valence electrons. The summed E-state index contributed by atoms with van der Waals surface area (Å²) in [5, 5.41) is 4.52. The highest BCUT2D eigenvalue weighted by Crippen LogP contribution is 2.36. The number of hydrogen-bond acceptors (Lipinski definition) is 5. The minimum absolute atomic E-state index is 0.216. The number of nitrogens with one attached hydrogen (secondary N) is 1. The molecule has 1 aromatic carbocycles. The predicted octanol–water partition coefficient (Wildman–Crippen LogP) is 3.68. The van der Waals surface area contributed by atoms with Gasteiger partial charge < -0.3 is 10.1 Å². The molecule has 0 bridgehead atoms. The molecule has 4 nitrogen and oxygen atoms in total. The number of rotatable bonds is 4. The van der Waals surface area contributed by atoms with E-state index in [2.05, 4.69) is 5.32 Å². The van der Waals surface area contributed by atoms with Crippen LogP contribution in [0, 0.1) is 0 Å². The average Bonchev–Trinajstić information content (AvgIpc) is 2.80. The molecule has 2 rings (SSSR count). The Morgan fingerprint density at radius 3 is 2.62 bits per heavy atom. The van der Waals surface area contributed by atoms with Gasteiger partial charge in [0.05, 0.1) is 17.2 Å². The molecule has 7 heteroatoms. The maximum Gasteiger partial charge on any atom is 0.341 e. The van der Waals surface area contributed by atoms with Crippen LogP contribution in [0.3, 0.4) is 0 Å². The molecule has 0 atom stereocenters. The van der Waals surface area contributed by atoms with Crippen LogP contribution in [0.5, 0.6) is 0 Å². The van der Waals surface area contributed by atoms with Gasteiger partial charge in [-0.1, -0.05) is 23.2 Å². The lowest BCUT2D eigenvalue weighted by Gasteiger charge is -2.10. The Morgan fingerprint density at radius 2 is 2.05 bits per heavy atom. The van der Waals surface area contributed by atoms with Crippen molar-refractivity contribution in [2.75, 3.05) is 17.7 Å². The van der Waals surface area contributed by atoms with Crippen LogP contribution in [0.4, 0.5) is 5.69 Å². The summed E-state index contributed by atoms with van der Waals surface area (Å²) < 4.78 is 4.97. The molecule has 1 aromatic rings. The van der Waals surface area contributed by atoms with Gasteiger partial charge in [-0.05, 0) is 25.1 Å². The first-order valence-electron chi connectivity index (χ1n) is 6.06. The largest absolute Gasteiger partial charge is 0.462 e. The lowest BCUT2D eigenvalue weighted by molar-refractivity contribution is -0.138. The first-order valence-corrected chi connectivity index (χ1v) is 7.81. The second-order valence-electron chi connectivity index (χ2n) is 4.08. The lowest BCUT2D eigenvalue weighted by atomic mass is 10.1. The minimum atomic E-state index is -0.545. The van der Waals surface area contributed by atoms with Gasteiger partial charge in [-0.25, -0.2) is 9.59 Å². The number of carbonyl (C=O) groups excluding carboxylic acids is 2. The number of anilines is 1. The van der Waals surface area contributed by atoms with Gasteiger partial charge in [0, 0.05) is 21.5 Å². The van der Waals surface area contributed by atoms with E-state index in [1.165, 1.54) is 11.8 Å². The van der Waals surface area contributed by atoms with Crippen molar-refractivity contribution in [3.63, 3.8) is 0 Å². The van der Waals surface area contributed by atoms with Gasteiger partial charge >= 0.3 is 5.97 Å². The molecule has 0 spiro atoms. The second-order valence-corrected chi connectivity index (χ2v) is 5.94. The fourth-order valence-corrected chi connectivity index (χ4v) is 3.34. The second kappa shape index (κ2) is 7.05. The van der Waals surface area contributed by atoms with Crippen LogP contribution in [0.15, 0.2) is 34.4 Å². The third-order valence-corrected chi connectivity index (χ3v) is 4.08. The van der Waals surface area contributed by atoms with Crippen molar-refractivity contribution in [1.82, 2.24) is 0 Å². The molecule has 0 aliphatic carbocycles. The highest BCUT2D eigenvalue weighted by molar-refractivity contribution is 8.03. The molecule has 0 radical (unpaired) electrons. The molecule has 0 amide bonds. The first kappa shape index (κ1) is 16.0. The van der Waals surface area contributed by atoms with Crippen molar-refractivity contribution in [3.8, 4) is 0 Å². The lowest BCUT2D eigenvalue weighted by Crippen LogP contribution is -2.11. The summed E-state index contributed by atoms with van der Waals surface area (Å²) in [6.07, 6.45) is 0. The number of hydrogen-bond donors (Lipinski definition) is 1. The normalized spacial score (nSPS) is 14.1. The summed E-state index contributed by atoms with van der Waals surface area (Å²) in [5.74, 6) is 1.61. The Hall–Kier alpha value is -1.39. The monoisotopic (exact) mass is 343 g/mol. The predicted molar refractivity (Wildman–Crippen MR) is 85.4 cm³/mol. The van der Waals surface area contributed by atoms with Crippen LogP contribution in [-0.4, -0.2) is 24.3 Å². The third kappa shape index (κ3) is 3.83. The average molecular weight is 344 g/mol. The van der Waals surface area contributed by atoms with Crippen LogP contribution in [-0.2, 0) is 14.3 Å². The van der Waals surface area contributed by atoms with Gasteiger partial charge in [-0.15, -0.1) is 11.8 Å². The van der Waals surface area contributed by atoms with Gasteiger partial charge in [-0.3, -0.25) is 0 Å². The fourth-order valence-electron chi connectivity index (χ4n) is 1.78. The maximum absolute atomic E-state index is 12.0. The topological polar surface area (TPSA) is 55.4 Å². The van der Waals surface area contributed by atoms with E-state index >= 15 is 0 Å². The van der Waals surface area contributed by atoms with Crippen molar-refractivity contribution >= 4 is 52.6 Å². The highest BCUT2D eigenvalue weighted by Gasteiger charge is 2.29.